The Kier molecular flexibility index (Phi) is 6.72. The molecule has 168 valence electrons. The van der Waals surface area contributed by atoms with Crippen LogP contribution in [-0.2, 0) is 29.0 Å². The maximum absolute atomic E-state index is 12.6. The highest BCUT2D eigenvalue weighted by Gasteiger charge is 2.26. The van der Waals surface area contributed by atoms with E-state index in [4.69, 9.17) is 4.74 Å². The van der Waals surface area contributed by atoms with Gasteiger partial charge in [-0.15, -0.1) is 10.2 Å². The first-order chi connectivity index (χ1) is 14.9. The summed E-state index contributed by atoms with van der Waals surface area (Å²) in [6.45, 7) is 13.6. The molecular formula is C24H35N5O2. The zero-order chi connectivity index (χ0) is 22.0. The molecule has 7 nitrogen and oxygen atoms in total. The minimum Gasteiger partial charge on any atom is -0.381 e. The monoisotopic (exact) mass is 425 g/mol. The number of amides is 1. The molecule has 1 aromatic carbocycles. The van der Waals surface area contributed by atoms with E-state index in [1.165, 1.54) is 22.3 Å². The van der Waals surface area contributed by atoms with Crippen LogP contribution in [0.3, 0.4) is 0 Å². The third-order valence-electron chi connectivity index (χ3n) is 6.83. The molecule has 4 rings (SSSR count). The Hall–Kier alpha value is -2.25. The molecule has 0 radical (unpaired) electrons. The van der Waals surface area contributed by atoms with E-state index in [0.717, 1.165) is 57.1 Å². The van der Waals surface area contributed by atoms with Crippen molar-refractivity contribution in [3.8, 4) is 0 Å². The molecule has 0 spiro atoms. The molecule has 1 amide bonds. The Balaban J connectivity index is 1.40. The smallest absolute Gasteiger partial charge is 0.223 e. The first kappa shape index (κ1) is 22.0. The summed E-state index contributed by atoms with van der Waals surface area (Å²) in [5, 5.41) is 12.1. The summed E-state index contributed by atoms with van der Waals surface area (Å²) in [5.74, 6) is 2.02. The second-order valence-electron chi connectivity index (χ2n) is 9.13. The fourth-order valence-electron chi connectivity index (χ4n) is 4.65. The van der Waals surface area contributed by atoms with Crippen molar-refractivity contribution in [1.82, 2.24) is 25.0 Å². The molecule has 1 fully saturated rings. The number of nitrogens with zero attached hydrogens (tertiary/aromatic N) is 4. The molecule has 0 bridgehead atoms. The van der Waals surface area contributed by atoms with Crippen molar-refractivity contribution in [2.75, 3.05) is 26.3 Å². The van der Waals surface area contributed by atoms with E-state index in [-0.39, 0.29) is 17.9 Å². The van der Waals surface area contributed by atoms with Crippen LogP contribution in [0.2, 0.25) is 0 Å². The van der Waals surface area contributed by atoms with Crippen LogP contribution in [0.5, 0.6) is 0 Å². The third-order valence-corrected chi connectivity index (χ3v) is 6.83. The summed E-state index contributed by atoms with van der Waals surface area (Å²) >= 11 is 0. The van der Waals surface area contributed by atoms with Crippen molar-refractivity contribution in [2.24, 2.45) is 5.92 Å². The standard InChI is InChI=1S/C24H35N5O2/c1-16-13-18(3)21(14-17(16)2)15-28-8-5-22-26-27-23(29(22)10-9-28)19(4)25-24(30)20-6-11-31-12-7-20/h13-14,19-20H,5-12,15H2,1-4H3,(H,25,30). The van der Waals surface area contributed by atoms with E-state index in [1.807, 2.05) is 6.92 Å². The summed E-state index contributed by atoms with van der Waals surface area (Å²) < 4.78 is 7.59. The van der Waals surface area contributed by atoms with E-state index in [9.17, 15) is 4.79 Å². The average Bonchev–Trinajstić information content (AvgIpc) is 3.07. The van der Waals surface area contributed by atoms with Crippen molar-refractivity contribution >= 4 is 5.91 Å². The zero-order valence-electron chi connectivity index (χ0n) is 19.3. The number of ether oxygens (including phenoxy) is 1. The van der Waals surface area contributed by atoms with Gasteiger partial charge in [-0.3, -0.25) is 9.69 Å². The van der Waals surface area contributed by atoms with Crippen molar-refractivity contribution < 1.29 is 9.53 Å². The van der Waals surface area contributed by atoms with Gasteiger partial charge in [0.05, 0.1) is 6.04 Å². The third kappa shape index (κ3) is 4.99. The van der Waals surface area contributed by atoms with Gasteiger partial charge in [-0.05, 0) is 62.8 Å². The molecule has 0 saturated carbocycles. The molecule has 0 aliphatic carbocycles. The van der Waals surface area contributed by atoms with Crippen molar-refractivity contribution in [3.05, 3.63) is 46.0 Å². The number of fused-ring (bicyclic) bond motifs is 1. The van der Waals surface area contributed by atoms with Gasteiger partial charge in [0.2, 0.25) is 5.91 Å². The predicted octanol–water partition coefficient (Wildman–Crippen LogP) is 2.87. The van der Waals surface area contributed by atoms with Crippen LogP contribution in [0, 0.1) is 26.7 Å². The zero-order valence-corrected chi connectivity index (χ0v) is 19.3. The predicted molar refractivity (Wildman–Crippen MR) is 120 cm³/mol. The van der Waals surface area contributed by atoms with Gasteiger partial charge in [0.15, 0.2) is 5.82 Å². The normalized spacial score (nSPS) is 19.0. The Morgan fingerprint density at radius 2 is 1.84 bits per heavy atom. The number of hydrogen-bond donors (Lipinski definition) is 1. The molecule has 1 unspecified atom stereocenters. The summed E-state index contributed by atoms with van der Waals surface area (Å²) in [5.41, 5.74) is 5.46. The molecule has 1 aromatic heterocycles. The minimum absolute atomic E-state index is 0.0411. The van der Waals surface area contributed by atoms with Crippen LogP contribution in [0.1, 0.15) is 59.7 Å². The molecule has 2 aromatic rings. The second kappa shape index (κ2) is 9.49. The topological polar surface area (TPSA) is 72.3 Å². The van der Waals surface area contributed by atoms with E-state index in [0.29, 0.717) is 13.2 Å². The van der Waals surface area contributed by atoms with Crippen molar-refractivity contribution in [3.63, 3.8) is 0 Å². The fourth-order valence-corrected chi connectivity index (χ4v) is 4.65. The number of carbonyl (C=O) groups is 1. The first-order valence-corrected chi connectivity index (χ1v) is 11.5. The van der Waals surface area contributed by atoms with Crippen LogP contribution in [-0.4, -0.2) is 51.9 Å². The van der Waals surface area contributed by atoms with Crippen LogP contribution in [0.15, 0.2) is 12.1 Å². The van der Waals surface area contributed by atoms with Crippen LogP contribution in [0.25, 0.3) is 0 Å². The van der Waals surface area contributed by atoms with Gasteiger partial charge in [0, 0.05) is 51.7 Å². The highest BCUT2D eigenvalue weighted by Crippen LogP contribution is 2.21. The Morgan fingerprint density at radius 3 is 2.61 bits per heavy atom. The maximum atomic E-state index is 12.6. The lowest BCUT2D eigenvalue weighted by Gasteiger charge is -2.24. The van der Waals surface area contributed by atoms with Gasteiger partial charge in [0.25, 0.3) is 0 Å². The van der Waals surface area contributed by atoms with Gasteiger partial charge in [0.1, 0.15) is 5.82 Å². The minimum atomic E-state index is -0.148. The van der Waals surface area contributed by atoms with Crippen LogP contribution < -0.4 is 5.32 Å². The summed E-state index contributed by atoms with van der Waals surface area (Å²) in [6.07, 6.45) is 2.46. The van der Waals surface area contributed by atoms with Gasteiger partial charge < -0.3 is 14.6 Å². The first-order valence-electron chi connectivity index (χ1n) is 11.5. The lowest BCUT2D eigenvalue weighted by molar-refractivity contribution is -0.128. The summed E-state index contributed by atoms with van der Waals surface area (Å²) in [6, 6.07) is 4.47. The largest absolute Gasteiger partial charge is 0.381 e. The van der Waals surface area contributed by atoms with Crippen LogP contribution in [0.4, 0.5) is 0 Å². The summed E-state index contributed by atoms with van der Waals surface area (Å²) in [7, 11) is 0. The maximum Gasteiger partial charge on any atom is 0.223 e. The van der Waals surface area contributed by atoms with Crippen molar-refractivity contribution in [2.45, 2.75) is 66.1 Å². The fraction of sp³-hybridized carbons (Fsp3) is 0.625. The van der Waals surface area contributed by atoms with Gasteiger partial charge in [-0.25, -0.2) is 0 Å². The number of carbonyl (C=O) groups excluding carboxylic acids is 1. The SMILES string of the molecule is Cc1cc(C)c(CN2CCc3nnc(C(C)NC(=O)C4CCOCC4)n3CC2)cc1C. The van der Waals surface area contributed by atoms with Gasteiger partial charge in [-0.1, -0.05) is 12.1 Å². The number of nitrogens with one attached hydrogen (secondary N) is 1. The van der Waals surface area contributed by atoms with Crippen molar-refractivity contribution in [1.29, 1.82) is 0 Å². The molecule has 1 saturated heterocycles. The highest BCUT2D eigenvalue weighted by molar-refractivity contribution is 5.79. The molecular weight excluding hydrogens is 390 g/mol. The lowest BCUT2D eigenvalue weighted by Crippen LogP contribution is -2.36. The Morgan fingerprint density at radius 1 is 1.10 bits per heavy atom. The number of aromatic nitrogens is 3. The number of aryl methyl sites for hydroxylation is 3. The molecule has 2 aliphatic rings. The lowest BCUT2D eigenvalue weighted by atomic mass is 9.99. The number of rotatable bonds is 5. The molecule has 31 heavy (non-hydrogen) atoms. The Bertz CT molecular complexity index is 932. The molecule has 1 N–H and O–H groups in total. The highest BCUT2D eigenvalue weighted by atomic mass is 16.5. The molecule has 3 heterocycles. The quantitative estimate of drug-likeness (QED) is 0.798. The van der Waals surface area contributed by atoms with E-state index in [1.54, 1.807) is 0 Å². The molecule has 7 heteroatoms. The second-order valence-corrected chi connectivity index (χ2v) is 9.13. The molecule has 2 aliphatic heterocycles. The average molecular weight is 426 g/mol. The van der Waals surface area contributed by atoms with E-state index < -0.39 is 0 Å². The van der Waals surface area contributed by atoms with Crippen LogP contribution >= 0.6 is 0 Å². The molecule has 1 atom stereocenters. The number of hydrogen-bond acceptors (Lipinski definition) is 5. The number of benzene rings is 1. The van der Waals surface area contributed by atoms with Gasteiger partial charge in [-0.2, -0.15) is 0 Å². The van der Waals surface area contributed by atoms with E-state index in [2.05, 4.69) is 57.9 Å². The summed E-state index contributed by atoms with van der Waals surface area (Å²) in [4.78, 5) is 15.1. The van der Waals surface area contributed by atoms with Gasteiger partial charge >= 0.3 is 0 Å². The Labute approximate surface area is 185 Å². The van der Waals surface area contributed by atoms with E-state index >= 15 is 0 Å².